The van der Waals surface area contributed by atoms with Crippen LogP contribution in [0.4, 0.5) is 0 Å². The average molecular weight is 269 g/mol. The van der Waals surface area contributed by atoms with E-state index in [9.17, 15) is 0 Å². The predicted octanol–water partition coefficient (Wildman–Crippen LogP) is -1.30. The quantitative estimate of drug-likeness (QED) is 0.489. The lowest BCUT2D eigenvalue weighted by Crippen LogP contribution is -2.55. The van der Waals surface area contributed by atoms with Gasteiger partial charge >= 0.3 is 0 Å². The highest BCUT2D eigenvalue weighted by atomic mass is 16.5. The monoisotopic (exact) mass is 269 g/mol. The van der Waals surface area contributed by atoms with Gasteiger partial charge in [0.05, 0.1) is 25.8 Å². The van der Waals surface area contributed by atoms with Crippen molar-refractivity contribution < 1.29 is 4.74 Å². The Bertz CT molecular complexity index is 381. The van der Waals surface area contributed by atoms with E-state index in [2.05, 4.69) is 32.7 Å². The fourth-order valence-corrected chi connectivity index (χ4v) is 2.39. The second-order valence-corrected chi connectivity index (χ2v) is 4.88. The molecule has 0 spiro atoms. The van der Waals surface area contributed by atoms with Gasteiger partial charge in [-0.15, -0.1) is 10.2 Å². The maximum atomic E-state index is 5.82. The molecule has 2 unspecified atom stereocenters. The van der Waals surface area contributed by atoms with Crippen LogP contribution in [-0.4, -0.2) is 63.5 Å². The van der Waals surface area contributed by atoms with Gasteiger partial charge in [-0.1, -0.05) is 6.92 Å². The molecule has 1 fully saturated rings. The van der Waals surface area contributed by atoms with Crippen molar-refractivity contribution in [3.8, 4) is 0 Å². The average Bonchev–Trinajstić information content (AvgIpc) is 2.82. The molecule has 0 bridgehead atoms. The van der Waals surface area contributed by atoms with Crippen LogP contribution >= 0.6 is 0 Å². The summed E-state index contributed by atoms with van der Waals surface area (Å²) >= 11 is 0. The van der Waals surface area contributed by atoms with Gasteiger partial charge < -0.3 is 4.74 Å². The lowest BCUT2D eigenvalue weighted by Gasteiger charge is -2.36. The van der Waals surface area contributed by atoms with Crippen LogP contribution in [0.15, 0.2) is 0 Å². The number of ether oxygens (including phenoxy) is 1. The van der Waals surface area contributed by atoms with Crippen LogP contribution in [0.5, 0.6) is 0 Å². The Morgan fingerprint density at radius 1 is 1.58 bits per heavy atom. The molecule has 2 atom stereocenters. The summed E-state index contributed by atoms with van der Waals surface area (Å²) in [7, 11) is 1.75. The number of hydrogen-bond acceptors (Lipinski definition) is 7. The molecule has 1 aliphatic heterocycles. The first-order valence-corrected chi connectivity index (χ1v) is 6.76. The highest BCUT2D eigenvalue weighted by molar-refractivity contribution is 4.90. The third-order valence-corrected chi connectivity index (χ3v) is 3.33. The van der Waals surface area contributed by atoms with E-state index in [0.29, 0.717) is 12.2 Å². The number of hydrazine groups is 1. The minimum absolute atomic E-state index is 0.00357. The van der Waals surface area contributed by atoms with Crippen LogP contribution in [0.2, 0.25) is 0 Å². The van der Waals surface area contributed by atoms with Crippen LogP contribution in [0, 0.1) is 0 Å². The molecule has 0 radical (unpaired) electrons. The van der Waals surface area contributed by atoms with Crippen molar-refractivity contribution in [3.63, 3.8) is 0 Å². The van der Waals surface area contributed by atoms with Crippen LogP contribution in [0.1, 0.15) is 19.2 Å². The van der Waals surface area contributed by atoms with Gasteiger partial charge in [-0.3, -0.25) is 16.2 Å². The Kier molecular flexibility index (Phi) is 5.20. The summed E-state index contributed by atoms with van der Waals surface area (Å²) in [4.78, 5) is 3.86. The number of nitrogens with two attached hydrogens (primary N) is 1. The predicted molar refractivity (Wildman–Crippen MR) is 70.1 cm³/mol. The third kappa shape index (κ3) is 3.93. The number of tetrazole rings is 1. The molecule has 8 heteroatoms. The topological polar surface area (TPSA) is 94.1 Å². The molecule has 2 rings (SSSR count). The summed E-state index contributed by atoms with van der Waals surface area (Å²) in [5.74, 6) is 6.33. The molecule has 8 nitrogen and oxygen atoms in total. The number of hydrogen-bond donors (Lipinski definition) is 2. The van der Waals surface area contributed by atoms with Crippen molar-refractivity contribution >= 4 is 0 Å². The van der Waals surface area contributed by atoms with Gasteiger partial charge in [0.15, 0.2) is 5.82 Å². The summed E-state index contributed by atoms with van der Waals surface area (Å²) in [5, 5.41) is 12.0. The number of aromatic nitrogens is 4. The third-order valence-electron chi connectivity index (χ3n) is 3.33. The molecular weight excluding hydrogens is 246 g/mol. The number of nitrogens with zero attached hydrogens (tertiary/aromatic N) is 5. The van der Waals surface area contributed by atoms with Gasteiger partial charge in [-0.2, -0.15) is 4.80 Å². The van der Waals surface area contributed by atoms with Gasteiger partial charge in [0, 0.05) is 19.5 Å². The highest BCUT2D eigenvalue weighted by Gasteiger charge is 2.28. The first-order valence-electron chi connectivity index (χ1n) is 6.76. The maximum absolute atomic E-state index is 5.82. The molecule has 1 aliphatic rings. The van der Waals surface area contributed by atoms with Crippen molar-refractivity contribution in [2.24, 2.45) is 12.9 Å². The lowest BCUT2D eigenvalue weighted by atomic mass is 10.1. The van der Waals surface area contributed by atoms with Gasteiger partial charge in [-0.05, 0) is 18.2 Å². The SMILES string of the molecule is CCCN1CCOC(C(Cc2nnn(C)n2)NN)C1. The van der Waals surface area contributed by atoms with Gasteiger partial charge in [0.1, 0.15) is 0 Å². The number of aryl methyl sites for hydroxylation is 1. The van der Waals surface area contributed by atoms with Gasteiger partial charge in [-0.25, -0.2) is 0 Å². The molecule has 19 heavy (non-hydrogen) atoms. The number of rotatable bonds is 6. The molecule has 3 N–H and O–H groups in total. The van der Waals surface area contributed by atoms with Gasteiger partial charge in [0.25, 0.3) is 0 Å². The Morgan fingerprint density at radius 2 is 2.42 bits per heavy atom. The van der Waals surface area contributed by atoms with Crippen LogP contribution in [0.3, 0.4) is 0 Å². The van der Waals surface area contributed by atoms with E-state index in [1.807, 2.05) is 0 Å². The van der Waals surface area contributed by atoms with E-state index in [1.165, 1.54) is 4.80 Å². The van der Waals surface area contributed by atoms with E-state index < -0.39 is 0 Å². The Morgan fingerprint density at radius 3 is 3.05 bits per heavy atom. The van der Waals surface area contributed by atoms with Crippen molar-refractivity contribution in [2.45, 2.75) is 31.9 Å². The number of nitrogens with one attached hydrogen (secondary N) is 1. The smallest absolute Gasteiger partial charge is 0.176 e. The highest BCUT2D eigenvalue weighted by Crippen LogP contribution is 2.11. The van der Waals surface area contributed by atoms with Crippen molar-refractivity contribution in [1.29, 1.82) is 0 Å². The molecule has 108 valence electrons. The Labute approximate surface area is 113 Å². The molecule has 1 aromatic rings. The fraction of sp³-hybridized carbons (Fsp3) is 0.909. The molecular formula is C11H23N7O. The fourth-order valence-electron chi connectivity index (χ4n) is 2.39. The summed E-state index contributed by atoms with van der Waals surface area (Å²) in [6, 6.07) is 0.00357. The first-order chi connectivity index (χ1) is 9.22. The van der Waals surface area contributed by atoms with Crippen LogP contribution < -0.4 is 11.3 Å². The zero-order valence-electron chi connectivity index (χ0n) is 11.6. The van der Waals surface area contributed by atoms with E-state index in [-0.39, 0.29) is 12.1 Å². The zero-order valence-corrected chi connectivity index (χ0v) is 11.6. The van der Waals surface area contributed by atoms with Crippen molar-refractivity contribution in [2.75, 3.05) is 26.2 Å². The largest absolute Gasteiger partial charge is 0.374 e. The Hall–Kier alpha value is -1.09. The molecule has 0 aliphatic carbocycles. The molecule has 1 saturated heterocycles. The molecule has 0 amide bonds. The molecule has 2 heterocycles. The van der Waals surface area contributed by atoms with Crippen LogP contribution in [-0.2, 0) is 18.2 Å². The first kappa shape index (κ1) is 14.3. The maximum Gasteiger partial charge on any atom is 0.176 e. The minimum atomic E-state index is 0.00357. The second-order valence-electron chi connectivity index (χ2n) is 4.88. The number of morpholine rings is 1. The minimum Gasteiger partial charge on any atom is -0.374 e. The van der Waals surface area contributed by atoms with E-state index in [0.717, 1.165) is 32.7 Å². The normalized spacial score (nSPS) is 22.6. The summed E-state index contributed by atoms with van der Waals surface area (Å²) in [6.45, 7) is 5.91. The second kappa shape index (κ2) is 6.90. The van der Waals surface area contributed by atoms with Crippen molar-refractivity contribution in [1.82, 2.24) is 30.5 Å². The van der Waals surface area contributed by atoms with Crippen molar-refractivity contribution in [3.05, 3.63) is 5.82 Å². The van der Waals surface area contributed by atoms with E-state index in [4.69, 9.17) is 10.6 Å². The summed E-state index contributed by atoms with van der Waals surface area (Å²) < 4.78 is 5.82. The lowest BCUT2D eigenvalue weighted by molar-refractivity contribution is -0.0465. The molecule has 0 saturated carbocycles. The Balaban J connectivity index is 1.92. The molecule has 0 aromatic carbocycles. The zero-order chi connectivity index (χ0) is 13.7. The summed E-state index contributed by atoms with van der Waals surface area (Å²) in [6.07, 6.45) is 1.84. The van der Waals surface area contributed by atoms with Gasteiger partial charge in [0.2, 0.25) is 0 Å². The van der Waals surface area contributed by atoms with Crippen LogP contribution in [0.25, 0.3) is 0 Å². The van der Waals surface area contributed by atoms with E-state index in [1.54, 1.807) is 7.05 Å². The summed E-state index contributed by atoms with van der Waals surface area (Å²) in [5.41, 5.74) is 2.82. The molecule has 1 aromatic heterocycles. The van der Waals surface area contributed by atoms with E-state index >= 15 is 0 Å². The standard InChI is InChI=1S/C11H23N7O/c1-3-4-18-5-6-19-10(8-18)9(13-12)7-11-14-16-17(2)15-11/h9-10,13H,3-8,12H2,1-2H3.